The SMILES string of the molecule is O=C(Cc1cccs1)Nc1cccc(-c2nnc3ccccn23)c1. The van der Waals surface area contributed by atoms with Gasteiger partial charge < -0.3 is 5.32 Å². The zero-order valence-electron chi connectivity index (χ0n) is 12.7. The fourth-order valence-electron chi connectivity index (χ4n) is 2.55. The van der Waals surface area contributed by atoms with E-state index in [1.165, 1.54) is 0 Å². The molecule has 6 heteroatoms. The Morgan fingerprint density at radius 3 is 2.92 bits per heavy atom. The van der Waals surface area contributed by atoms with E-state index in [-0.39, 0.29) is 5.91 Å². The van der Waals surface area contributed by atoms with Crippen LogP contribution >= 0.6 is 11.3 Å². The Labute approximate surface area is 142 Å². The largest absolute Gasteiger partial charge is 0.326 e. The van der Waals surface area contributed by atoms with Crippen molar-refractivity contribution in [3.8, 4) is 11.4 Å². The lowest BCUT2D eigenvalue weighted by molar-refractivity contribution is -0.115. The zero-order chi connectivity index (χ0) is 16.4. The number of hydrogen-bond acceptors (Lipinski definition) is 4. The minimum Gasteiger partial charge on any atom is -0.326 e. The number of amides is 1. The second-order valence-electron chi connectivity index (χ2n) is 5.34. The minimum atomic E-state index is -0.0271. The van der Waals surface area contributed by atoms with Gasteiger partial charge in [0.25, 0.3) is 0 Å². The van der Waals surface area contributed by atoms with Crippen LogP contribution in [0.4, 0.5) is 5.69 Å². The van der Waals surface area contributed by atoms with Crippen molar-refractivity contribution < 1.29 is 4.79 Å². The van der Waals surface area contributed by atoms with Crippen LogP contribution < -0.4 is 5.32 Å². The number of rotatable bonds is 4. The van der Waals surface area contributed by atoms with Crippen molar-refractivity contribution in [2.45, 2.75) is 6.42 Å². The van der Waals surface area contributed by atoms with E-state index in [0.717, 1.165) is 27.6 Å². The van der Waals surface area contributed by atoms with E-state index in [4.69, 9.17) is 0 Å². The Kier molecular flexibility index (Phi) is 3.80. The van der Waals surface area contributed by atoms with Gasteiger partial charge in [0.05, 0.1) is 6.42 Å². The van der Waals surface area contributed by atoms with Crippen LogP contribution in [0.5, 0.6) is 0 Å². The molecule has 118 valence electrons. The molecule has 0 bridgehead atoms. The number of thiophene rings is 1. The van der Waals surface area contributed by atoms with Crippen LogP contribution in [0.2, 0.25) is 0 Å². The maximum absolute atomic E-state index is 12.2. The van der Waals surface area contributed by atoms with Gasteiger partial charge in [0.15, 0.2) is 11.5 Å². The number of aromatic nitrogens is 3. The van der Waals surface area contributed by atoms with Crippen molar-refractivity contribution in [2.75, 3.05) is 5.32 Å². The van der Waals surface area contributed by atoms with Crippen molar-refractivity contribution in [1.29, 1.82) is 0 Å². The summed E-state index contributed by atoms with van der Waals surface area (Å²) in [6, 6.07) is 17.3. The summed E-state index contributed by atoms with van der Waals surface area (Å²) in [6.07, 6.45) is 2.31. The van der Waals surface area contributed by atoms with Crippen LogP contribution in [-0.4, -0.2) is 20.5 Å². The van der Waals surface area contributed by atoms with Gasteiger partial charge in [-0.3, -0.25) is 9.20 Å². The molecule has 0 unspecified atom stereocenters. The summed E-state index contributed by atoms with van der Waals surface area (Å²) in [5.74, 6) is 0.723. The lowest BCUT2D eigenvalue weighted by Gasteiger charge is -2.06. The maximum atomic E-state index is 12.2. The first kappa shape index (κ1) is 14.6. The first-order valence-corrected chi connectivity index (χ1v) is 8.40. The Bertz CT molecular complexity index is 991. The lowest BCUT2D eigenvalue weighted by Crippen LogP contribution is -2.13. The zero-order valence-corrected chi connectivity index (χ0v) is 13.5. The van der Waals surface area contributed by atoms with Crippen LogP contribution in [-0.2, 0) is 11.2 Å². The van der Waals surface area contributed by atoms with E-state index in [0.29, 0.717) is 6.42 Å². The molecule has 0 spiro atoms. The maximum Gasteiger partial charge on any atom is 0.229 e. The number of hydrogen-bond donors (Lipinski definition) is 1. The predicted octanol–water partition coefficient (Wildman–Crippen LogP) is 3.64. The van der Waals surface area contributed by atoms with Crippen molar-refractivity contribution in [3.63, 3.8) is 0 Å². The van der Waals surface area contributed by atoms with Gasteiger partial charge in [0.1, 0.15) is 0 Å². The molecule has 4 rings (SSSR count). The van der Waals surface area contributed by atoms with Gasteiger partial charge in [0, 0.05) is 22.3 Å². The Morgan fingerprint density at radius 1 is 1.08 bits per heavy atom. The summed E-state index contributed by atoms with van der Waals surface area (Å²) in [5, 5.41) is 13.3. The highest BCUT2D eigenvalue weighted by atomic mass is 32.1. The van der Waals surface area contributed by atoms with Crippen molar-refractivity contribution >= 4 is 28.6 Å². The molecule has 4 aromatic rings. The highest BCUT2D eigenvalue weighted by Gasteiger charge is 2.09. The number of carbonyl (C=O) groups is 1. The van der Waals surface area contributed by atoms with E-state index < -0.39 is 0 Å². The van der Waals surface area contributed by atoms with Gasteiger partial charge >= 0.3 is 0 Å². The number of fused-ring (bicyclic) bond motifs is 1. The fourth-order valence-corrected chi connectivity index (χ4v) is 3.25. The molecule has 3 aromatic heterocycles. The topological polar surface area (TPSA) is 59.3 Å². The third kappa shape index (κ3) is 2.91. The Balaban J connectivity index is 1.58. The first-order chi connectivity index (χ1) is 11.8. The number of nitrogens with zero attached hydrogens (tertiary/aromatic N) is 3. The van der Waals surface area contributed by atoms with E-state index in [9.17, 15) is 4.79 Å². The van der Waals surface area contributed by atoms with Gasteiger partial charge in [0.2, 0.25) is 5.91 Å². The van der Waals surface area contributed by atoms with Gasteiger partial charge in [-0.25, -0.2) is 0 Å². The quantitative estimate of drug-likeness (QED) is 0.620. The fraction of sp³-hybridized carbons (Fsp3) is 0.0556. The normalized spacial score (nSPS) is 10.8. The molecule has 0 aliphatic carbocycles. The van der Waals surface area contributed by atoms with Crippen molar-refractivity contribution in [3.05, 3.63) is 71.1 Å². The predicted molar refractivity (Wildman–Crippen MR) is 95.1 cm³/mol. The molecule has 3 heterocycles. The smallest absolute Gasteiger partial charge is 0.229 e. The van der Waals surface area contributed by atoms with Crippen LogP contribution in [0.25, 0.3) is 17.0 Å². The lowest BCUT2D eigenvalue weighted by atomic mass is 10.2. The molecule has 0 atom stereocenters. The third-order valence-corrected chi connectivity index (χ3v) is 4.51. The molecule has 0 aliphatic rings. The molecular formula is C18H14N4OS. The van der Waals surface area contributed by atoms with Gasteiger partial charge in [-0.2, -0.15) is 0 Å². The average Bonchev–Trinajstić information content (AvgIpc) is 3.24. The third-order valence-electron chi connectivity index (χ3n) is 3.63. The van der Waals surface area contributed by atoms with E-state index in [1.807, 2.05) is 70.6 Å². The van der Waals surface area contributed by atoms with E-state index in [1.54, 1.807) is 11.3 Å². The highest BCUT2D eigenvalue weighted by molar-refractivity contribution is 7.10. The summed E-state index contributed by atoms with van der Waals surface area (Å²) < 4.78 is 1.92. The summed E-state index contributed by atoms with van der Waals surface area (Å²) in [7, 11) is 0. The average molecular weight is 334 g/mol. The van der Waals surface area contributed by atoms with Gasteiger partial charge in [-0.15, -0.1) is 21.5 Å². The van der Waals surface area contributed by atoms with Gasteiger partial charge in [-0.1, -0.05) is 24.3 Å². The van der Waals surface area contributed by atoms with Crippen LogP contribution in [0.15, 0.2) is 66.2 Å². The molecule has 0 aliphatic heterocycles. The number of benzene rings is 1. The summed E-state index contributed by atoms with van der Waals surface area (Å²) in [6.45, 7) is 0. The van der Waals surface area contributed by atoms with Crippen LogP contribution in [0.1, 0.15) is 4.88 Å². The van der Waals surface area contributed by atoms with Crippen LogP contribution in [0.3, 0.4) is 0 Å². The second-order valence-corrected chi connectivity index (χ2v) is 6.37. The molecule has 0 saturated heterocycles. The first-order valence-electron chi connectivity index (χ1n) is 7.52. The van der Waals surface area contributed by atoms with E-state index in [2.05, 4.69) is 15.5 Å². The molecule has 0 fully saturated rings. The number of nitrogens with one attached hydrogen (secondary N) is 1. The van der Waals surface area contributed by atoms with E-state index >= 15 is 0 Å². The summed E-state index contributed by atoms with van der Waals surface area (Å²) >= 11 is 1.58. The number of carbonyl (C=O) groups excluding carboxylic acids is 1. The van der Waals surface area contributed by atoms with Crippen molar-refractivity contribution in [1.82, 2.24) is 14.6 Å². The monoisotopic (exact) mass is 334 g/mol. The number of anilines is 1. The molecule has 0 radical (unpaired) electrons. The Hall–Kier alpha value is -2.99. The molecule has 24 heavy (non-hydrogen) atoms. The molecule has 5 nitrogen and oxygen atoms in total. The summed E-state index contributed by atoms with van der Waals surface area (Å²) in [4.78, 5) is 13.2. The standard InChI is InChI=1S/C18H14N4OS/c23-17(12-15-7-4-10-24-15)19-14-6-3-5-13(11-14)18-21-20-16-8-1-2-9-22(16)18/h1-11H,12H2,(H,19,23). The molecule has 1 N–H and O–H groups in total. The van der Waals surface area contributed by atoms with Crippen molar-refractivity contribution in [2.24, 2.45) is 0 Å². The van der Waals surface area contributed by atoms with Crippen LogP contribution in [0, 0.1) is 0 Å². The molecule has 0 saturated carbocycles. The minimum absolute atomic E-state index is 0.0271. The number of pyridine rings is 1. The molecule has 1 aromatic carbocycles. The Morgan fingerprint density at radius 2 is 2.04 bits per heavy atom. The highest BCUT2D eigenvalue weighted by Crippen LogP contribution is 2.22. The van der Waals surface area contributed by atoms with Gasteiger partial charge in [-0.05, 0) is 35.7 Å². The summed E-state index contributed by atoms with van der Waals surface area (Å²) in [5.41, 5.74) is 2.45. The second kappa shape index (κ2) is 6.25. The molecular weight excluding hydrogens is 320 g/mol. The molecule has 1 amide bonds.